The minimum Gasteiger partial charge on any atom is -0.413 e. The number of rotatable bonds is 14. The van der Waals surface area contributed by atoms with Crippen molar-refractivity contribution in [3.63, 3.8) is 0 Å². The van der Waals surface area contributed by atoms with Crippen LogP contribution >= 0.6 is 11.3 Å². The van der Waals surface area contributed by atoms with Gasteiger partial charge in [0.05, 0.1) is 23.2 Å². The zero-order valence-electron chi connectivity index (χ0n) is 26.3. The largest absolute Gasteiger partial charge is 0.413 e. The van der Waals surface area contributed by atoms with E-state index in [4.69, 9.17) is 13.7 Å². The van der Waals surface area contributed by atoms with Crippen molar-refractivity contribution in [2.75, 3.05) is 11.9 Å². The third-order valence-corrected chi connectivity index (χ3v) is 16.7. The Bertz CT molecular complexity index is 1370. The van der Waals surface area contributed by atoms with Gasteiger partial charge >= 0.3 is 10.3 Å². The van der Waals surface area contributed by atoms with Gasteiger partial charge in [-0.1, -0.05) is 53.2 Å². The van der Waals surface area contributed by atoms with Crippen LogP contribution in [0, 0.1) is 5.92 Å². The summed E-state index contributed by atoms with van der Waals surface area (Å²) in [6, 6.07) is 1.89. The Balaban J connectivity index is 1.53. The molecule has 2 aliphatic rings. The van der Waals surface area contributed by atoms with E-state index in [1.165, 1.54) is 36.1 Å². The molecular formula is C31H48N4O5S2Si. The maximum atomic E-state index is 13.7. The lowest BCUT2D eigenvalue weighted by atomic mass is 9.95. The lowest BCUT2D eigenvalue weighted by Crippen LogP contribution is -2.51. The summed E-state index contributed by atoms with van der Waals surface area (Å²) < 4.78 is 35.6. The molecule has 0 saturated heterocycles. The van der Waals surface area contributed by atoms with E-state index in [0.29, 0.717) is 45.7 Å². The van der Waals surface area contributed by atoms with Gasteiger partial charge in [0.1, 0.15) is 12.1 Å². The maximum Gasteiger partial charge on any atom is 0.333 e. The lowest BCUT2D eigenvalue weighted by Gasteiger charge is -2.45. The molecule has 0 unspecified atom stereocenters. The second-order valence-electron chi connectivity index (χ2n) is 13.0. The van der Waals surface area contributed by atoms with Crippen LogP contribution in [0.2, 0.25) is 16.6 Å². The van der Waals surface area contributed by atoms with Gasteiger partial charge in [-0.05, 0) is 78.6 Å². The fourth-order valence-corrected chi connectivity index (χ4v) is 14.1. The molecule has 0 bridgehead atoms. The number of thiophene rings is 1. The number of nitrogens with one attached hydrogen (secondary N) is 1. The Morgan fingerprint density at radius 1 is 1.14 bits per heavy atom. The smallest absolute Gasteiger partial charge is 0.333 e. The molecule has 1 saturated carbocycles. The fraction of sp³-hybridized carbons (Fsp3) is 0.645. The third-order valence-electron chi connectivity index (χ3n) is 9.13. The van der Waals surface area contributed by atoms with E-state index < -0.39 is 18.6 Å². The van der Waals surface area contributed by atoms with Crippen LogP contribution in [0.25, 0.3) is 0 Å². The Kier molecular flexibility index (Phi) is 11.4. The zero-order chi connectivity index (χ0) is 31.4. The molecule has 3 N–H and O–H groups in total. The topological polar surface area (TPSA) is 134 Å². The summed E-state index contributed by atoms with van der Waals surface area (Å²) >= 11 is 1.46. The van der Waals surface area contributed by atoms with Gasteiger partial charge in [0.2, 0.25) is 14.1 Å². The Morgan fingerprint density at radius 3 is 2.49 bits per heavy atom. The van der Waals surface area contributed by atoms with Crippen molar-refractivity contribution >= 4 is 41.6 Å². The molecule has 3 atom stereocenters. The fourth-order valence-electron chi connectivity index (χ4n) is 7.23. The van der Waals surface area contributed by atoms with Gasteiger partial charge < -0.3 is 9.74 Å². The first-order valence-electron chi connectivity index (χ1n) is 15.5. The summed E-state index contributed by atoms with van der Waals surface area (Å²) in [5.41, 5.74) is 4.15. The highest BCUT2D eigenvalue weighted by atomic mass is 32.2. The molecule has 43 heavy (non-hydrogen) atoms. The van der Waals surface area contributed by atoms with Crippen LogP contribution in [0.5, 0.6) is 0 Å². The highest BCUT2D eigenvalue weighted by Crippen LogP contribution is 2.46. The second kappa shape index (κ2) is 14.4. The first kappa shape index (κ1) is 33.9. The molecule has 2 heterocycles. The molecule has 0 aromatic carbocycles. The molecule has 9 nitrogen and oxygen atoms in total. The standard InChI is InChI=1S/C31H48N4O5S2Si/c1-20(2)43(21(3)4,22(5)6)40-28-15-26(14-25(28)17-39-42(32,37)38)35-31-27(16-33-19-34-31)30(36)29-13-24(18-41-29)12-23-10-8-7-9-11-23/h10,13,16,18-22,25-26,28H,7-9,11-12,14-15,17H2,1-6H3,(H2,32,37,38)(H,33,34,35)/t25-,26-,28+/m1/s1. The minimum absolute atomic E-state index is 0.0512. The van der Waals surface area contributed by atoms with Gasteiger partial charge in [-0.3, -0.25) is 8.98 Å². The molecule has 0 aliphatic heterocycles. The van der Waals surface area contributed by atoms with Gasteiger partial charge in [-0.15, -0.1) is 11.3 Å². The first-order valence-corrected chi connectivity index (χ1v) is 20.0. The Labute approximate surface area is 262 Å². The molecule has 2 aromatic heterocycles. The number of carbonyl (C=O) groups excluding carboxylic acids is 1. The van der Waals surface area contributed by atoms with Crippen molar-refractivity contribution in [1.29, 1.82) is 0 Å². The quantitative estimate of drug-likeness (QED) is 0.130. The monoisotopic (exact) mass is 648 g/mol. The number of anilines is 1. The number of nitrogens with zero attached hydrogens (tertiary/aromatic N) is 2. The molecule has 0 spiro atoms. The van der Waals surface area contributed by atoms with E-state index in [9.17, 15) is 13.2 Å². The Hall–Kier alpha value is -1.96. The van der Waals surface area contributed by atoms with Crippen LogP contribution in [-0.4, -0.2) is 51.2 Å². The summed E-state index contributed by atoms with van der Waals surface area (Å²) in [6.45, 7) is 13.3. The molecular weight excluding hydrogens is 601 g/mol. The average Bonchev–Trinajstić information content (AvgIpc) is 3.56. The maximum absolute atomic E-state index is 13.7. The van der Waals surface area contributed by atoms with E-state index >= 15 is 0 Å². The number of hydrogen-bond acceptors (Lipinski definition) is 9. The van der Waals surface area contributed by atoms with E-state index in [1.807, 2.05) is 6.07 Å². The van der Waals surface area contributed by atoms with E-state index in [-0.39, 0.29) is 30.5 Å². The number of ketones is 1. The SMILES string of the molecule is CC(C)[Si](O[C@H]1C[C@H](Nc2ncncc2C(=O)c2cc(CC3=CCCCC3)cs2)C[C@@H]1COS(N)(=O)=O)(C(C)C)C(C)C. The lowest BCUT2D eigenvalue weighted by molar-refractivity contribution is 0.103. The summed E-state index contributed by atoms with van der Waals surface area (Å²) in [6.07, 6.45) is 12.0. The molecule has 2 aromatic rings. The first-order chi connectivity index (χ1) is 20.3. The third kappa shape index (κ3) is 8.40. The number of hydrogen-bond donors (Lipinski definition) is 2. The van der Waals surface area contributed by atoms with E-state index in [2.05, 4.69) is 68.3 Å². The molecule has 0 amide bonds. The van der Waals surface area contributed by atoms with Crippen molar-refractivity contribution < 1.29 is 21.8 Å². The number of carbonyl (C=O) groups is 1. The predicted molar refractivity (Wildman–Crippen MR) is 175 cm³/mol. The summed E-state index contributed by atoms with van der Waals surface area (Å²) in [5, 5.41) is 10.8. The van der Waals surface area contributed by atoms with Crippen molar-refractivity contribution in [2.24, 2.45) is 11.1 Å². The van der Waals surface area contributed by atoms with Crippen LogP contribution in [0.1, 0.15) is 101 Å². The van der Waals surface area contributed by atoms with Crippen molar-refractivity contribution in [2.45, 2.75) is 115 Å². The number of nitrogens with two attached hydrogens (primary N) is 1. The predicted octanol–water partition coefficient (Wildman–Crippen LogP) is 6.78. The zero-order valence-corrected chi connectivity index (χ0v) is 29.0. The van der Waals surface area contributed by atoms with Crippen LogP contribution in [0.3, 0.4) is 0 Å². The van der Waals surface area contributed by atoms with Gasteiger partial charge in [0.15, 0.2) is 0 Å². The molecule has 1 fully saturated rings. The van der Waals surface area contributed by atoms with Crippen LogP contribution in [0.15, 0.2) is 35.6 Å². The number of allylic oxidation sites excluding steroid dienone is 2. The summed E-state index contributed by atoms with van der Waals surface area (Å²) in [5.74, 6) is 0.179. The molecule has 2 aliphatic carbocycles. The van der Waals surface area contributed by atoms with E-state index in [0.717, 1.165) is 24.8 Å². The highest BCUT2D eigenvalue weighted by Gasteiger charge is 2.49. The normalized spacial score (nSPS) is 21.5. The van der Waals surface area contributed by atoms with Crippen LogP contribution in [0.4, 0.5) is 5.82 Å². The van der Waals surface area contributed by atoms with Gasteiger partial charge in [0.25, 0.3) is 0 Å². The molecule has 12 heteroatoms. The van der Waals surface area contributed by atoms with E-state index in [1.54, 1.807) is 6.20 Å². The van der Waals surface area contributed by atoms with Gasteiger partial charge in [-0.2, -0.15) is 8.42 Å². The van der Waals surface area contributed by atoms with Gasteiger partial charge in [0, 0.05) is 18.2 Å². The van der Waals surface area contributed by atoms with Gasteiger partial charge in [-0.25, -0.2) is 15.1 Å². The van der Waals surface area contributed by atoms with Crippen LogP contribution in [-0.2, 0) is 25.3 Å². The molecule has 0 radical (unpaired) electrons. The number of aromatic nitrogens is 2. The second-order valence-corrected chi connectivity index (χ2v) is 20.6. The highest BCUT2D eigenvalue weighted by molar-refractivity contribution is 7.84. The van der Waals surface area contributed by atoms with Crippen LogP contribution < -0.4 is 10.5 Å². The average molecular weight is 649 g/mol. The van der Waals surface area contributed by atoms with Crippen molar-refractivity contribution in [1.82, 2.24) is 9.97 Å². The molecule has 4 rings (SSSR count). The summed E-state index contributed by atoms with van der Waals surface area (Å²) in [7, 11) is -6.36. The molecule has 238 valence electrons. The minimum atomic E-state index is -4.09. The van der Waals surface area contributed by atoms with Crippen molar-refractivity contribution in [3.05, 3.63) is 51.6 Å². The van der Waals surface area contributed by atoms with Crippen molar-refractivity contribution in [3.8, 4) is 0 Å². The summed E-state index contributed by atoms with van der Waals surface area (Å²) in [4.78, 5) is 22.9. The Morgan fingerprint density at radius 2 is 1.86 bits per heavy atom.